The first-order valence-electron chi connectivity index (χ1n) is 6.10. The molecule has 22 heavy (non-hydrogen) atoms. The lowest BCUT2D eigenvalue weighted by atomic mass is 10.2. The molecule has 0 aromatic heterocycles. The quantitative estimate of drug-likeness (QED) is 0.393. The van der Waals surface area contributed by atoms with Crippen molar-refractivity contribution >= 4 is 18.3 Å². The summed E-state index contributed by atoms with van der Waals surface area (Å²) in [4.78, 5) is 20.2. The Kier molecular flexibility index (Phi) is 6.18. The maximum Gasteiger partial charge on any atom is 0.335 e. The Labute approximate surface area is 126 Å². The minimum atomic E-state index is -1.29. The molecule has 0 aliphatic carbocycles. The topological polar surface area (TPSA) is 115 Å². The summed E-state index contributed by atoms with van der Waals surface area (Å²) in [5, 5.41) is 35.0. The number of aldehydes is 1. The molecule has 0 aliphatic rings. The number of hydrogen-bond acceptors (Lipinski definition) is 5. The second kappa shape index (κ2) is 8.11. The number of carboxylic acids is 1. The van der Waals surface area contributed by atoms with Gasteiger partial charge in [0.15, 0.2) is 17.2 Å². The molecule has 0 aliphatic heterocycles. The van der Waals surface area contributed by atoms with Gasteiger partial charge in [0.05, 0.1) is 5.56 Å². The van der Waals surface area contributed by atoms with E-state index < -0.39 is 23.2 Å². The minimum Gasteiger partial charge on any atom is -0.504 e. The van der Waals surface area contributed by atoms with Gasteiger partial charge in [0, 0.05) is 0 Å². The van der Waals surface area contributed by atoms with Gasteiger partial charge in [-0.2, -0.15) is 0 Å². The number of carbonyl (C=O) groups is 2. The van der Waals surface area contributed by atoms with E-state index in [2.05, 4.69) is 0 Å². The molecule has 2 rings (SSSR count). The SMILES string of the molecule is O=C(O)c1cc(O)c(O)c(O)c1.O=CC=Cc1ccccc1. The smallest absolute Gasteiger partial charge is 0.335 e. The van der Waals surface area contributed by atoms with Crippen molar-refractivity contribution in [3.05, 3.63) is 59.7 Å². The van der Waals surface area contributed by atoms with E-state index in [0.717, 1.165) is 24.0 Å². The number of benzene rings is 2. The van der Waals surface area contributed by atoms with Gasteiger partial charge in [-0.15, -0.1) is 0 Å². The van der Waals surface area contributed by atoms with E-state index in [-0.39, 0.29) is 5.56 Å². The summed E-state index contributed by atoms with van der Waals surface area (Å²) >= 11 is 0. The summed E-state index contributed by atoms with van der Waals surface area (Å²) in [5.74, 6) is -3.33. The van der Waals surface area contributed by atoms with E-state index in [1.807, 2.05) is 30.3 Å². The van der Waals surface area contributed by atoms with E-state index in [0.29, 0.717) is 0 Å². The second-order valence-electron chi connectivity index (χ2n) is 4.07. The third-order valence-electron chi connectivity index (χ3n) is 2.48. The van der Waals surface area contributed by atoms with Crippen molar-refractivity contribution < 1.29 is 30.0 Å². The van der Waals surface area contributed by atoms with Crippen LogP contribution in [0.5, 0.6) is 17.2 Å². The summed E-state index contributed by atoms with van der Waals surface area (Å²) in [5.41, 5.74) is 0.761. The van der Waals surface area contributed by atoms with Crippen LogP contribution in [-0.4, -0.2) is 32.7 Å². The van der Waals surface area contributed by atoms with Crippen molar-refractivity contribution in [2.45, 2.75) is 0 Å². The van der Waals surface area contributed by atoms with Crippen molar-refractivity contribution in [2.24, 2.45) is 0 Å². The average Bonchev–Trinajstić information content (AvgIpc) is 2.51. The lowest BCUT2D eigenvalue weighted by Gasteiger charge is -2.01. The Morgan fingerprint density at radius 3 is 1.95 bits per heavy atom. The first-order valence-corrected chi connectivity index (χ1v) is 6.10. The van der Waals surface area contributed by atoms with Crippen molar-refractivity contribution in [2.75, 3.05) is 0 Å². The zero-order chi connectivity index (χ0) is 16.5. The van der Waals surface area contributed by atoms with Crippen molar-refractivity contribution in [3.8, 4) is 17.2 Å². The van der Waals surface area contributed by atoms with Gasteiger partial charge >= 0.3 is 5.97 Å². The van der Waals surface area contributed by atoms with Crippen LogP contribution in [0.25, 0.3) is 6.08 Å². The van der Waals surface area contributed by atoms with E-state index in [1.165, 1.54) is 6.08 Å². The number of aromatic carboxylic acids is 1. The first-order chi connectivity index (χ1) is 10.5. The number of phenols is 3. The summed E-state index contributed by atoms with van der Waals surface area (Å²) in [6, 6.07) is 11.4. The van der Waals surface area contributed by atoms with Crippen LogP contribution in [-0.2, 0) is 4.79 Å². The lowest BCUT2D eigenvalue weighted by Crippen LogP contribution is -1.95. The van der Waals surface area contributed by atoms with Gasteiger partial charge in [-0.3, -0.25) is 4.79 Å². The molecule has 0 amide bonds. The van der Waals surface area contributed by atoms with Gasteiger partial charge in [0.2, 0.25) is 0 Å². The highest BCUT2D eigenvalue weighted by Crippen LogP contribution is 2.35. The van der Waals surface area contributed by atoms with Crippen LogP contribution in [0.1, 0.15) is 15.9 Å². The molecule has 6 heteroatoms. The van der Waals surface area contributed by atoms with E-state index in [1.54, 1.807) is 6.08 Å². The highest BCUT2D eigenvalue weighted by Gasteiger charge is 2.11. The van der Waals surface area contributed by atoms with Gasteiger partial charge in [0.1, 0.15) is 6.29 Å². The minimum absolute atomic E-state index is 0.289. The van der Waals surface area contributed by atoms with Gasteiger partial charge in [0.25, 0.3) is 0 Å². The van der Waals surface area contributed by atoms with Gasteiger partial charge in [-0.25, -0.2) is 4.79 Å². The van der Waals surface area contributed by atoms with E-state index in [4.69, 9.17) is 20.4 Å². The molecule has 6 nitrogen and oxygen atoms in total. The molecule has 0 bridgehead atoms. The standard InChI is InChI=1S/C9H8O.C7H6O5/c10-8-4-7-9-5-2-1-3-6-9;8-4-1-3(7(11)12)2-5(9)6(4)10/h1-8H;1-2,8-10H,(H,11,12). The highest BCUT2D eigenvalue weighted by molar-refractivity contribution is 5.89. The third-order valence-corrected chi connectivity index (χ3v) is 2.48. The lowest BCUT2D eigenvalue weighted by molar-refractivity contribution is -0.104. The summed E-state index contributed by atoms with van der Waals surface area (Å²) < 4.78 is 0. The summed E-state index contributed by atoms with van der Waals surface area (Å²) in [6.07, 6.45) is 4.02. The maximum atomic E-state index is 10.3. The summed E-state index contributed by atoms with van der Waals surface area (Å²) in [6.45, 7) is 0. The zero-order valence-corrected chi connectivity index (χ0v) is 11.4. The summed E-state index contributed by atoms with van der Waals surface area (Å²) in [7, 11) is 0. The largest absolute Gasteiger partial charge is 0.504 e. The van der Waals surface area contributed by atoms with Crippen LogP contribution in [0, 0.1) is 0 Å². The Morgan fingerprint density at radius 2 is 1.50 bits per heavy atom. The molecule has 0 radical (unpaired) electrons. The monoisotopic (exact) mass is 302 g/mol. The number of carboxylic acid groups (broad SMARTS) is 1. The Bertz CT molecular complexity index is 653. The first kappa shape index (κ1) is 16.8. The molecular formula is C16H14O6. The molecule has 0 fully saturated rings. The van der Waals surface area contributed by atoms with Gasteiger partial charge < -0.3 is 20.4 Å². The Morgan fingerprint density at radius 1 is 0.955 bits per heavy atom. The molecule has 0 heterocycles. The number of allylic oxidation sites excluding steroid dienone is 1. The van der Waals surface area contributed by atoms with E-state index >= 15 is 0 Å². The van der Waals surface area contributed by atoms with E-state index in [9.17, 15) is 9.59 Å². The molecule has 0 unspecified atom stereocenters. The Hall–Kier alpha value is -3.28. The van der Waals surface area contributed by atoms with Crippen molar-refractivity contribution in [3.63, 3.8) is 0 Å². The average molecular weight is 302 g/mol. The number of carbonyl (C=O) groups excluding carboxylic acids is 1. The highest BCUT2D eigenvalue weighted by atomic mass is 16.4. The van der Waals surface area contributed by atoms with Crippen LogP contribution >= 0.6 is 0 Å². The number of hydrogen-bond donors (Lipinski definition) is 4. The van der Waals surface area contributed by atoms with Crippen LogP contribution in [0.15, 0.2) is 48.5 Å². The zero-order valence-electron chi connectivity index (χ0n) is 11.4. The fourth-order valence-corrected chi connectivity index (χ4v) is 1.44. The predicted octanol–water partition coefficient (Wildman–Crippen LogP) is 2.40. The fraction of sp³-hybridized carbons (Fsp3) is 0. The molecule has 0 saturated carbocycles. The predicted molar refractivity (Wildman–Crippen MR) is 79.9 cm³/mol. The number of rotatable bonds is 3. The third kappa shape index (κ3) is 5.01. The van der Waals surface area contributed by atoms with Crippen molar-refractivity contribution in [1.29, 1.82) is 0 Å². The molecule has 0 saturated heterocycles. The van der Waals surface area contributed by atoms with Gasteiger partial charge in [-0.1, -0.05) is 36.4 Å². The molecule has 114 valence electrons. The molecule has 0 atom stereocenters. The maximum absolute atomic E-state index is 10.3. The van der Waals surface area contributed by atoms with Crippen LogP contribution in [0.2, 0.25) is 0 Å². The molecule has 0 spiro atoms. The normalized spacial score (nSPS) is 9.82. The molecular weight excluding hydrogens is 288 g/mol. The number of aromatic hydroxyl groups is 3. The van der Waals surface area contributed by atoms with Gasteiger partial charge in [-0.05, 0) is 23.8 Å². The second-order valence-corrected chi connectivity index (χ2v) is 4.07. The molecule has 2 aromatic carbocycles. The fourth-order valence-electron chi connectivity index (χ4n) is 1.44. The number of phenolic OH excluding ortho intramolecular Hbond substituents is 3. The van der Waals surface area contributed by atoms with Crippen molar-refractivity contribution in [1.82, 2.24) is 0 Å². The molecule has 4 N–H and O–H groups in total. The van der Waals surface area contributed by atoms with Crippen LogP contribution < -0.4 is 0 Å². The van der Waals surface area contributed by atoms with Crippen LogP contribution in [0.3, 0.4) is 0 Å². The van der Waals surface area contributed by atoms with Crippen LogP contribution in [0.4, 0.5) is 0 Å². The molecule has 2 aromatic rings. The Balaban J connectivity index is 0.000000224.